The highest BCUT2D eigenvalue weighted by Crippen LogP contribution is 2.22. The molecule has 0 heterocycles. The third-order valence-electron chi connectivity index (χ3n) is 3.95. The summed E-state index contributed by atoms with van der Waals surface area (Å²) >= 11 is 0. The number of amides is 1. The van der Waals surface area contributed by atoms with Gasteiger partial charge in [0.15, 0.2) is 6.10 Å². The zero-order valence-corrected chi connectivity index (χ0v) is 14.2. The molecule has 126 valence electrons. The summed E-state index contributed by atoms with van der Waals surface area (Å²) in [7, 11) is 0. The van der Waals surface area contributed by atoms with Gasteiger partial charge in [0.2, 0.25) is 0 Å². The van der Waals surface area contributed by atoms with Crippen LogP contribution in [-0.2, 0) is 11.3 Å². The van der Waals surface area contributed by atoms with Gasteiger partial charge in [-0.15, -0.1) is 0 Å². The number of hydrogen-bond donors (Lipinski definition) is 1. The molecule has 3 nitrogen and oxygen atoms in total. The van der Waals surface area contributed by atoms with E-state index in [4.69, 9.17) is 4.74 Å². The van der Waals surface area contributed by atoms with Gasteiger partial charge in [0, 0.05) is 6.54 Å². The van der Waals surface area contributed by atoms with E-state index in [-0.39, 0.29) is 5.91 Å². The number of rotatable bonds is 6. The summed E-state index contributed by atoms with van der Waals surface area (Å²) in [5, 5.41) is 2.89. The van der Waals surface area contributed by atoms with Crippen LogP contribution in [0.15, 0.2) is 84.9 Å². The Labute approximate surface area is 148 Å². The Kier molecular flexibility index (Phi) is 5.47. The molecule has 0 unspecified atom stereocenters. The fraction of sp³-hybridized carbons (Fsp3) is 0.136. The Morgan fingerprint density at radius 3 is 2.04 bits per heavy atom. The Bertz CT molecular complexity index is 798. The van der Waals surface area contributed by atoms with E-state index in [0.717, 1.165) is 16.7 Å². The maximum atomic E-state index is 12.2. The number of benzene rings is 3. The van der Waals surface area contributed by atoms with E-state index in [1.54, 1.807) is 6.92 Å². The zero-order chi connectivity index (χ0) is 17.5. The molecule has 0 spiro atoms. The summed E-state index contributed by atoms with van der Waals surface area (Å²) in [6, 6.07) is 27.8. The normalized spacial score (nSPS) is 11.6. The van der Waals surface area contributed by atoms with Gasteiger partial charge in [-0.2, -0.15) is 0 Å². The summed E-state index contributed by atoms with van der Waals surface area (Å²) in [6.07, 6.45) is -0.550. The van der Waals surface area contributed by atoms with Crippen molar-refractivity contribution in [3.63, 3.8) is 0 Å². The predicted octanol–water partition coefficient (Wildman–Crippen LogP) is 4.44. The van der Waals surface area contributed by atoms with E-state index in [9.17, 15) is 4.79 Å². The van der Waals surface area contributed by atoms with Crippen molar-refractivity contribution in [2.75, 3.05) is 0 Å². The van der Waals surface area contributed by atoms with Crippen LogP contribution in [-0.4, -0.2) is 12.0 Å². The molecule has 0 aliphatic rings. The molecule has 0 aliphatic carbocycles. The maximum absolute atomic E-state index is 12.2. The van der Waals surface area contributed by atoms with Crippen molar-refractivity contribution >= 4 is 5.91 Å². The molecule has 0 radical (unpaired) electrons. The van der Waals surface area contributed by atoms with Gasteiger partial charge in [-0.3, -0.25) is 4.79 Å². The summed E-state index contributed by atoms with van der Waals surface area (Å²) in [5.74, 6) is 0.554. The Balaban J connectivity index is 1.55. The lowest BCUT2D eigenvalue weighted by Gasteiger charge is -2.15. The smallest absolute Gasteiger partial charge is 0.261 e. The first-order chi connectivity index (χ1) is 12.2. The van der Waals surface area contributed by atoms with Crippen molar-refractivity contribution in [2.45, 2.75) is 19.6 Å². The molecule has 3 aromatic rings. The Morgan fingerprint density at radius 1 is 0.840 bits per heavy atom. The number of carbonyl (C=O) groups excluding carboxylic acids is 1. The van der Waals surface area contributed by atoms with E-state index in [1.807, 2.05) is 72.8 Å². The van der Waals surface area contributed by atoms with Crippen LogP contribution in [0, 0.1) is 0 Å². The van der Waals surface area contributed by atoms with Crippen LogP contribution >= 0.6 is 0 Å². The quantitative estimate of drug-likeness (QED) is 0.725. The van der Waals surface area contributed by atoms with E-state index in [0.29, 0.717) is 12.3 Å². The second-order valence-electron chi connectivity index (χ2n) is 5.85. The SMILES string of the molecule is C[C@@H](Oc1ccc(-c2ccccc2)cc1)C(=O)NCc1ccccc1. The van der Waals surface area contributed by atoms with Crippen molar-refractivity contribution < 1.29 is 9.53 Å². The van der Waals surface area contributed by atoms with Gasteiger partial charge in [-0.1, -0.05) is 72.8 Å². The highest BCUT2D eigenvalue weighted by atomic mass is 16.5. The van der Waals surface area contributed by atoms with Crippen molar-refractivity contribution in [3.05, 3.63) is 90.5 Å². The molecule has 0 saturated carbocycles. The van der Waals surface area contributed by atoms with Crippen LogP contribution in [0.2, 0.25) is 0 Å². The lowest BCUT2D eigenvalue weighted by Crippen LogP contribution is -2.35. The van der Waals surface area contributed by atoms with Crippen LogP contribution in [0.4, 0.5) is 0 Å². The largest absolute Gasteiger partial charge is 0.481 e. The van der Waals surface area contributed by atoms with Gasteiger partial charge in [0.05, 0.1) is 0 Å². The first kappa shape index (κ1) is 16.8. The van der Waals surface area contributed by atoms with Crippen LogP contribution in [0.5, 0.6) is 5.75 Å². The van der Waals surface area contributed by atoms with Crippen LogP contribution in [0.25, 0.3) is 11.1 Å². The molecule has 0 saturated heterocycles. The van der Waals surface area contributed by atoms with Crippen molar-refractivity contribution in [1.82, 2.24) is 5.32 Å². The molecule has 0 aromatic heterocycles. The van der Waals surface area contributed by atoms with Gasteiger partial charge in [0.1, 0.15) is 5.75 Å². The van der Waals surface area contributed by atoms with Gasteiger partial charge in [0.25, 0.3) is 5.91 Å². The van der Waals surface area contributed by atoms with Crippen LogP contribution in [0.1, 0.15) is 12.5 Å². The minimum atomic E-state index is -0.550. The summed E-state index contributed by atoms with van der Waals surface area (Å²) in [6.45, 7) is 2.26. The molecular formula is C22H21NO2. The van der Waals surface area contributed by atoms with E-state index >= 15 is 0 Å². The molecule has 1 atom stereocenters. The second kappa shape index (κ2) is 8.15. The number of nitrogens with one attached hydrogen (secondary N) is 1. The minimum Gasteiger partial charge on any atom is -0.481 e. The first-order valence-corrected chi connectivity index (χ1v) is 8.36. The maximum Gasteiger partial charge on any atom is 0.261 e. The molecule has 25 heavy (non-hydrogen) atoms. The molecule has 3 rings (SSSR count). The molecule has 0 aliphatic heterocycles. The van der Waals surface area contributed by atoms with Crippen LogP contribution in [0.3, 0.4) is 0 Å². The molecule has 1 N–H and O–H groups in total. The fourth-order valence-electron chi connectivity index (χ4n) is 2.54. The van der Waals surface area contributed by atoms with Gasteiger partial charge >= 0.3 is 0 Å². The first-order valence-electron chi connectivity index (χ1n) is 8.36. The van der Waals surface area contributed by atoms with Crippen molar-refractivity contribution in [2.24, 2.45) is 0 Å². The third kappa shape index (κ3) is 4.70. The minimum absolute atomic E-state index is 0.129. The fourth-order valence-corrected chi connectivity index (χ4v) is 2.54. The molecule has 0 fully saturated rings. The Hall–Kier alpha value is -3.07. The highest BCUT2D eigenvalue weighted by molar-refractivity contribution is 5.80. The molecule has 1 amide bonds. The molecule has 3 heteroatoms. The topological polar surface area (TPSA) is 38.3 Å². The Morgan fingerprint density at radius 2 is 1.40 bits per heavy atom. The number of hydrogen-bond acceptors (Lipinski definition) is 2. The monoisotopic (exact) mass is 331 g/mol. The van der Waals surface area contributed by atoms with Crippen molar-refractivity contribution in [3.8, 4) is 16.9 Å². The second-order valence-corrected chi connectivity index (χ2v) is 5.85. The highest BCUT2D eigenvalue weighted by Gasteiger charge is 2.14. The van der Waals surface area contributed by atoms with Gasteiger partial charge in [-0.25, -0.2) is 0 Å². The molecular weight excluding hydrogens is 310 g/mol. The van der Waals surface area contributed by atoms with E-state index < -0.39 is 6.10 Å². The lowest BCUT2D eigenvalue weighted by atomic mass is 10.1. The van der Waals surface area contributed by atoms with Crippen LogP contribution < -0.4 is 10.1 Å². The summed E-state index contributed by atoms with van der Waals surface area (Å²) in [4.78, 5) is 12.2. The molecule has 3 aromatic carbocycles. The van der Waals surface area contributed by atoms with E-state index in [2.05, 4.69) is 17.4 Å². The number of ether oxygens (including phenoxy) is 1. The van der Waals surface area contributed by atoms with Gasteiger partial charge < -0.3 is 10.1 Å². The number of carbonyl (C=O) groups is 1. The average Bonchev–Trinajstić information content (AvgIpc) is 2.68. The summed E-state index contributed by atoms with van der Waals surface area (Å²) in [5.41, 5.74) is 3.34. The predicted molar refractivity (Wildman–Crippen MR) is 100 cm³/mol. The average molecular weight is 331 g/mol. The van der Waals surface area contributed by atoms with Gasteiger partial charge in [-0.05, 0) is 35.7 Å². The van der Waals surface area contributed by atoms with Crippen molar-refractivity contribution in [1.29, 1.82) is 0 Å². The van der Waals surface area contributed by atoms with E-state index in [1.165, 1.54) is 0 Å². The third-order valence-corrected chi connectivity index (χ3v) is 3.95. The zero-order valence-electron chi connectivity index (χ0n) is 14.2. The summed E-state index contributed by atoms with van der Waals surface area (Å²) < 4.78 is 5.74. The standard InChI is InChI=1S/C22H21NO2/c1-17(22(24)23-16-18-8-4-2-5-9-18)25-21-14-12-20(13-15-21)19-10-6-3-7-11-19/h2-15,17H,16H2,1H3,(H,23,24)/t17-/m1/s1. The molecule has 0 bridgehead atoms. The lowest BCUT2D eigenvalue weighted by molar-refractivity contribution is -0.127.